The summed E-state index contributed by atoms with van der Waals surface area (Å²) in [4.78, 5) is 12.1. The fourth-order valence-electron chi connectivity index (χ4n) is 3.74. The number of benzene rings is 1. The molecule has 3 heteroatoms. The van der Waals surface area contributed by atoms with E-state index >= 15 is 0 Å². The van der Waals surface area contributed by atoms with Crippen LogP contribution in [0, 0.1) is 29.1 Å². The van der Waals surface area contributed by atoms with Crippen molar-refractivity contribution >= 4 is 11.6 Å². The van der Waals surface area contributed by atoms with Gasteiger partial charge >= 0.3 is 0 Å². The highest BCUT2D eigenvalue weighted by Gasteiger charge is 2.40. The number of nitrogens with one attached hydrogen (secondary N) is 1. The molecule has 98 valence electrons. The second kappa shape index (κ2) is 5.05. The first-order valence-electron chi connectivity index (χ1n) is 7.04. The van der Waals surface area contributed by atoms with Crippen molar-refractivity contribution in [1.82, 2.24) is 0 Å². The molecule has 2 bridgehead atoms. The van der Waals surface area contributed by atoms with Crippen molar-refractivity contribution in [2.75, 3.05) is 5.32 Å². The molecule has 0 heterocycles. The van der Waals surface area contributed by atoms with E-state index in [1.807, 2.05) is 6.07 Å². The summed E-state index contributed by atoms with van der Waals surface area (Å²) >= 11 is 0. The highest BCUT2D eigenvalue weighted by Crippen LogP contribution is 2.49. The Hall–Kier alpha value is -1.82. The van der Waals surface area contributed by atoms with Crippen LogP contribution in [0.2, 0.25) is 0 Å². The fraction of sp³-hybridized carbons (Fsp3) is 0.500. The maximum atomic E-state index is 12.1. The summed E-state index contributed by atoms with van der Waals surface area (Å²) in [6.07, 6.45) is 5.88. The average molecular weight is 254 g/mol. The first-order chi connectivity index (χ1) is 9.24. The minimum Gasteiger partial charge on any atom is -0.326 e. The van der Waals surface area contributed by atoms with Gasteiger partial charge < -0.3 is 5.32 Å². The highest BCUT2D eigenvalue weighted by molar-refractivity contribution is 5.91. The zero-order chi connectivity index (χ0) is 13.2. The van der Waals surface area contributed by atoms with E-state index in [9.17, 15) is 4.79 Å². The van der Waals surface area contributed by atoms with Gasteiger partial charge in [0.1, 0.15) is 0 Å². The molecule has 2 aliphatic rings. The van der Waals surface area contributed by atoms with Crippen molar-refractivity contribution in [2.24, 2.45) is 17.8 Å². The van der Waals surface area contributed by atoms with Crippen LogP contribution in [0.15, 0.2) is 24.3 Å². The molecule has 3 rings (SSSR count). The minimum absolute atomic E-state index is 0.0904. The van der Waals surface area contributed by atoms with E-state index in [1.54, 1.807) is 18.2 Å². The topological polar surface area (TPSA) is 52.9 Å². The van der Waals surface area contributed by atoms with Gasteiger partial charge in [-0.1, -0.05) is 12.5 Å². The highest BCUT2D eigenvalue weighted by atomic mass is 16.1. The van der Waals surface area contributed by atoms with Crippen LogP contribution in [-0.4, -0.2) is 5.91 Å². The lowest BCUT2D eigenvalue weighted by atomic mass is 9.86. The Morgan fingerprint density at radius 2 is 2.26 bits per heavy atom. The lowest BCUT2D eigenvalue weighted by Gasteiger charge is -2.20. The van der Waals surface area contributed by atoms with Gasteiger partial charge in [0.2, 0.25) is 5.91 Å². The van der Waals surface area contributed by atoms with Crippen molar-refractivity contribution in [3.05, 3.63) is 29.8 Å². The Bertz CT molecular complexity index is 532. The normalized spacial score (nSPS) is 28.1. The first-order valence-corrected chi connectivity index (χ1v) is 7.04. The molecule has 3 atom stereocenters. The average Bonchev–Trinajstić information content (AvgIpc) is 3.01. The Balaban J connectivity index is 1.58. The number of anilines is 1. The summed E-state index contributed by atoms with van der Waals surface area (Å²) in [5.41, 5.74) is 1.31. The van der Waals surface area contributed by atoms with E-state index in [4.69, 9.17) is 5.26 Å². The Kier molecular flexibility index (Phi) is 3.25. The van der Waals surface area contributed by atoms with Crippen LogP contribution in [-0.2, 0) is 4.79 Å². The lowest BCUT2D eigenvalue weighted by Crippen LogP contribution is -2.20. The van der Waals surface area contributed by atoms with E-state index in [-0.39, 0.29) is 5.91 Å². The third-order valence-corrected chi connectivity index (χ3v) is 4.61. The van der Waals surface area contributed by atoms with Crippen LogP contribution in [0.25, 0.3) is 0 Å². The standard InChI is InChI=1S/C16H18N2O/c17-10-12-2-1-3-15(8-12)18-16(19)9-14-7-11-4-5-13(14)6-11/h1-3,8,11,13-14H,4-7,9H2,(H,18,19)/t11-,13-,14+/m1/s1. The summed E-state index contributed by atoms with van der Waals surface area (Å²) < 4.78 is 0. The number of carbonyl (C=O) groups is 1. The van der Waals surface area contributed by atoms with E-state index in [2.05, 4.69) is 11.4 Å². The molecule has 2 fully saturated rings. The third kappa shape index (κ3) is 2.63. The number of amides is 1. The number of fused-ring (bicyclic) bond motifs is 2. The smallest absolute Gasteiger partial charge is 0.224 e. The fourth-order valence-corrected chi connectivity index (χ4v) is 3.74. The number of rotatable bonds is 3. The van der Waals surface area contributed by atoms with Crippen molar-refractivity contribution in [1.29, 1.82) is 5.26 Å². The summed E-state index contributed by atoms with van der Waals surface area (Å²) in [5.74, 6) is 2.33. The molecule has 0 aliphatic heterocycles. The number of hydrogen-bond acceptors (Lipinski definition) is 2. The predicted octanol–water partition coefficient (Wildman–Crippen LogP) is 3.32. The number of carbonyl (C=O) groups excluding carboxylic acids is 1. The van der Waals surface area contributed by atoms with Gasteiger partial charge in [0.25, 0.3) is 0 Å². The van der Waals surface area contributed by atoms with Crippen molar-refractivity contribution in [3.63, 3.8) is 0 Å². The Morgan fingerprint density at radius 3 is 2.95 bits per heavy atom. The Labute approximate surface area is 113 Å². The molecule has 1 N–H and O–H groups in total. The number of nitriles is 1. The maximum Gasteiger partial charge on any atom is 0.224 e. The monoisotopic (exact) mass is 254 g/mol. The molecule has 1 aromatic rings. The number of nitrogens with zero attached hydrogens (tertiary/aromatic N) is 1. The summed E-state index contributed by atoms with van der Waals surface area (Å²) in [6.45, 7) is 0. The molecule has 0 saturated heterocycles. The summed E-state index contributed by atoms with van der Waals surface area (Å²) in [6, 6.07) is 9.18. The summed E-state index contributed by atoms with van der Waals surface area (Å²) in [7, 11) is 0. The van der Waals surface area contributed by atoms with Crippen LogP contribution in [0.1, 0.15) is 37.7 Å². The molecule has 3 nitrogen and oxygen atoms in total. The predicted molar refractivity (Wildman–Crippen MR) is 73.3 cm³/mol. The third-order valence-electron chi connectivity index (χ3n) is 4.61. The van der Waals surface area contributed by atoms with Gasteiger partial charge in [0, 0.05) is 12.1 Å². The number of hydrogen-bond donors (Lipinski definition) is 1. The van der Waals surface area contributed by atoms with E-state index in [0.717, 1.165) is 17.5 Å². The van der Waals surface area contributed by atoms with Gasteiger partial charge in [0.15, 0.2) is 0 Å². The molecule has 2 aliphatic carbocycles. The van der Waals surface area contributed by atoms with Crippen LogP contribution < -0.4 is 5.32 Å². The van der Waals surface area contributed by atoms with E-state index in [1.165, 1.54) is 25.7 Å². The maximum absolute atomic E-state index is 12.1. The van der Waals surface area contributed by atoms with Crippen LogP contribution >= 0.6 is 0 Å². The molecule has 0 spiro atoms. The van der Waals surface area contributed by atoms with Crippen LogP contribution in [0.5, 0.6) is 0 Å². The molecular formula is C16H18N2O. The second-order valence-corrected chi connectivity index (χ2v) is 5.88. The van der Waals surface area contributed by atoms with Crippen LogP contribution in [0.3, 0.4) is 0 Å². The quantitative estimate of drug-likeness (QED) is 0.899. The molecule has 19 heavy (non-hydrogen) atoms. The van der Waals surface area contributed by atoms with Crippen molar-refractivity contribution in [2.45, 2.75) is 32.1 Å². The molecule has 2 saturated carbocycles. The largest absolute Gasteiger partial charge is 0.326 e. The molecular weight excluding hydrogens is 236 g/mol. The van der Waals surface area contributed by atoms with Gasteiger partial charge in [-0.05, 0) is 55.2 Å². The SMILES string of the molecule is N#Cc1cccc(NC(=O)C[C@@H]2C[C@@H]3CC[C@@H]2C3)c1. The molecule has 1 amide bonds. The minimum atomic E-state index is 0.0904. The van der Waals surface area contributed by atoms with Gasteiger partial charge in [-0.2, -0.15) is 5.26 Å². The van der Waals surface area contributed by atoms with Crippen LogP contribution in [0.4, 0.5) is 5.69 Å². The van der Waals surface area contributed by atoms with Gasteiger partial charge in [-0.25, -0.2) is 0 Å². The van der Waals surface area contributed by atoms with Gasteiger partial charge in [0.05, 0.1) is 11.6 Å². The van der Waals surface area contributed by atoms with Crippen molar-refractivity contribution < 1.29 is 4.79 Å². The van der Waals surface area contributed by atoms with Crippen molar-refractivity contribution in [3.8, 4) is 6.07 Å². The molecule has 1 aromatic carbocycles. The molecule has 0 unspecified atom stereocenters. The van der Waals surface area contributed by atoms with Gasteiger partial charge in [-0.3, -0.25) is 4.79 Å². The molecule has 0 aromatic heterocycles. The Morgan fingerprint density at radius 1 is 1.37 bits per heavy atom. The zero-order valence-corrected chi connectivity index (χ0v) is 10.9. The summed E-state index contributed by atoms with van der Waals surface area (Å²) in [5, 5.41) is 11.7. The van der Waals surface area contributed by atoms with E-state index in [0.29, 0.717) is 17.9 Å². The zero-order valence-electron chi connectivity index (χ0n) is 10.9. The first kappa shape index (κ1) is 12.2. The lowest BCUT2D eigenvalue weighted by molar-refractivity contribution is -0.117. The van der Waals surface area contributed by atoms with Gasteiger partial charge in [-0.15, -0.1) is 0 Å². The second-order valence-electron chi connectivity index (χ2n) is 5.88. The molecule has 0 radical (unpaired) electrons. The van der Waals surface area contributed by atoms with E-state index < -0.39 is 0 Å².